The Bertz CT molecular complexity index is 1220. The molecule has 0 aliphatic rings. The van der Waals surface area contributed by atoms with Gasteiger partial charge in [0.1, 0.15) is 12.2 Å². The van der Waals surface area contributed by atoms with E-state index in [0.717, 1.165) is 22.3 Å². The van der Waals surface area contributed by atoms with E-state index in [9.17, 15) is 0 Å². The summed E-state index contributed by atoms with van der Waals surface area (Å²) in [6.45, 7) is 7.89. The first-order valence-corrected chi connectivity index (χ1v) is 14.2. The molecule has 0 spiro atoms. The zero-order chi connectivity index (χ0) is 28.4. The molecule has 0 heterocycles. The highest BCUT2D eigenvalue weighted by Gasteiger charge is 2.31. The Balaban J connectivity index is 1.43. The Morgan fingerprint density at radius 2 is 1.00 bits per heavy atom. The number of nitrogens with one attached hydrogen (secondary N) is 1. The summed E-state index contributed by atoms with van der Waals surface area (Å²) in [7, 11) is 0. The smallest absolute Gasteiger partial charge is 0.115 e. The quantitative estimate of drug-likeness (QED) is 0.103. The van der Waals surface area contributed by atoms with Crippen molar-refractivity contribution >= 4 is 0 Å². The molecule has 214 valence electrons. The molecule has 4 rings (SSSR count). The summed E-state index contributed by atoms with van der Waals surface area (Å²) in [4.78, 5) is 0. The fraction of sp³-hybridized carbons (Fsp3) is 0.278. The van der Waals surface area contributed by atoms with Gasteiger partial charge in [-0.25, -0.2) is 0 Å². The highest BCUT2D eigenvalue weighted by atomic mass is 16.6. The van der Waals surface area contributed by atoms with Crippen LogP contribution in [0.25, 0.3) is 0 Å². The number of hydrogen-bond acceptors (Lipinski definition) is 5. The maximum atomic E-state index is 6.56. The van der Waals surface area contributed by atoms with Crippen LogP contribution in [0.2, 0.25) is 0 Å². The standard InChI is InChI=1S/C36H41NO4/c1-2-34(39-27-31-17-9-4-10-18-31)36(41-29-33-21-13-6-14-22-33)35(40-28-32-19-11-5-12-20-32)25-37-23-24-38-26-30-15-7-3-8-16-30/h2-22,34-37H,1,23-29H2/t34-,35+,36+/m1/s1. The Hall–Kier alpha value is -3.58. The summed E-state index contributed by atoms with van der Waals surface area (Å²) >= 11 is 0. The predicted octanol–water partition coefficient (Wildman–Crippen LogP) is 6.74. The van der Waals surface area contributed by atoms with Crippen molar-refractivity contribution in [2.75, 3.05) is 19.7 Å². The lowest BCUT2D eigenvalue weighted by Crippen LogP contribution is -2.47. The second kappa shape index (κ2) is 18.0. The molecule has 4 aromatic rings. The Kier molecular flexibility index (Phi) is 13.3. The SMILES string of the molecule is C=C[C@@H](OCc1ccccc1)[C@H](OCc1ccccc1)[C@H](CNCCOCc1ccccc1)OCc1ccccc1. The van der Waals surface area contributed by atoms with Crippen LogP contribution in [0.3, 0.4) is 0 Å². The van der Waals surface area contributed by atoms with Gasteiger partial charge in [0.2, 0.25) is 0 Å². The zero-order valence-electron chi connectivity index (χ0n) is 23.6. The molecule has 4 aromatic carbocycles. The van der Waals surface area contributed by atoms with Crippen LogP contribution in [-0.2, 0) is 45.4 Å². The van der Waals surface area contributed by atoms with Gasteiger partial charge in [-0.2, -0.15) is 0 Å². The van der Waals surface area contributed by atoms with Crippen molar-refractivity contribution in [1.29, 1.82) is 0 Å². The van der Waals surface area contributed by atoms with Gasteiger partial charge in [-0.05, 0) is 22.3 Å². The molecule has 0 saturated carbocycles. The molecule has 5 nitrogen and oxygen atoms in total. The average molecular weight is 552 g/mol. The second-order valence-electron chi connectivity index (χ2n) is 9.84. The van der Waals surface area contributed by atoms with Crippen LogP contribution in [0.1, 0.15) is 22.3 Å². The molecule has 0 unspecified atom stereocenters. The summed E-state index contributed by atoms with van der Waals surface area (Å²) in [6.07, 6.45) is 0.751. The van der Waals surface area contributed by atoms with Gasteiger partial charge in [0.05, 0.1) is 39.1 Å². The second-order valence-corrected chi connectivity index (χ2v) is 9.84. The lowest BCUT2D eigenvalue weighted by atomic mass is 10.1. The van der Waals surface area contributed by atoms with Crippen LogP contribution in [0.5, 0.6) is 0 Å². The first kappa shape index (κ1) is 30.4. The van der Waals surface area contributed by atoms with Crippen LogP contribution in [0.15, 0.2) is 134 Å². The third-order valence-corrected chi connectivity index (χ3v) is 6.68. The van der Waals surface area contributed by atoms with Crippen LogP contribution in [-0.4, -0.2) is 38.0 Å². The summed E-state index contributed by atoms with van der Waals surface area (Å²) in [6, 6.07) is 40.7. The van der Waals surface area contributed by atoms with E-state index in [0.29, 0.717) is 46.1 Å². The van der Waals surface area contributed by atoms with E-state index in [1.54, 1.807) is 0 Å². The number of benzene rings is 4. The molecular formula is C36H41NO4. The van der Waals surface area contributed by atoms with Gasteiger partial charge < -0.3 is 24.3 Å². The van der Waals surface area contributed by atoms with Crippen molar-refractivity contribution in [2.24, 2.45) is 0 Å². The van der Waals surface area contributed by atoms with Crippen LogP contribution < -0.4 is 5.32 Å². The van der Waals surface area contributed by atoms with E-state index in [1.165, 1.54) is 0 Å². The fourth-order valence-corrected chi connectivity index (χ4v) is 4.44. The van der Waals surface area contributed by atoms with E-state index in [-0.39, 0.29) is 12.2 Å². The molecule has 0 radical (unpaired) electrons. The van der Waals surface area contributed by atoms with Crippen LogP contribution >= 0.6 is 0 Å². The highest BCUT2D eigenvalue weighted by Crippen LogP contribution is 2.19. The summed E-state index contributed by atoms with van der Waals surface area (Å²) in [5.41, 5.74) is 4.45. The van der Waals surface area contributed by atoms with Crippen molar-refractivity contribution in [1.82, 2.24) is 5.32 Å². The molecule has 1 N–H and O–H groups in total. The fourth-order valence-electron chi connectivity index (χ4n) is 4.44. The minimum Gasteiger partial charge on any atom is -0.375 e. The summed E-state index contributed by atoms with van der Waals surface area (Å²) < 4.78 is 25.4. The summed E-state index contributed by atoms with van der Waals surface area (Å²) in [5, 5.41) is 3.52. The maximum Gasteiger partial charge on any atom is 0.115 e. The van der Waals surface area contributed by atoms with E-state index >= 15 is 0 Å². The van der Waals surface area contributed by atoms with Gasteiger partial charge in [0, 0.05) is 13.1 Å². The monoisotopic (exact) mass is 551 g/mol. The van der Waals surface area contributed by atoms with Gasteiger partial charge in [-0.1, -0.05) is 127 Å². The normalized spacial score (nSPS) is 13.4. The Labute approximate surface area is 244 Å². The van der Waals surface area contributed by atoms with E-state index in [2.05, 4.69) is 60.4 Å². The molecule has 0 aliphatic carbocycles. The minimum atomic E-state index is -0.391. The molecule has 0 saturated heterocycles. The van der Waals surface area contributed by atoms with Gasteiger partial charge in [0.25, 0.3) is 0 Å². The van der Waals surface area contributed by atoms with Crippen molar-refractivity contribution in [3.63, 3.8) is 0 Å². The van der Waals surface area contributed by atoms with Crippen molar-refractivity contribution < 1.29 is 18.9 Å². The third-order valence-electron chi connectivity index (χ3n) is 6.68. The van der Waals surface area contributed by atoms with Crippen molar-refractivity contribution in [3.8, 4) is 0 Å². The number of rotatable bonds is 19. The molecule has 0 aromatic heterocycles. The van der Waals surface area contributed by atoms with Gasteiger partial charge in [-0.3, -0.25) is 0 Å². The first-order valence-electron chi connectivity index (χ1n) is 14.2. The minimum absolute atomic E-state index is 0.299. The molecule has 0 amide bonds. The van der Waals surface area contributed by atoms with Gasteiger partial charge >= 0.3 is 0 Å². The van der Waals surface area contributed by atoms with Crippen LogP contribution in [0.4, 0.5) is 0 Å². The molecular weight excluding hydrogens is 510 g/mol. The maximum absolute atomic E-state index is 6.56. The summed E-state index contributed by atoms with van der Waals surface area (Å²) in [5.74, 6) is 0. The zero-order valence-corrected chi connectivity index (χ0v) is 23.6. The van der Waals surface area contributed by atoms with Gasteiger partial charge in [-0.15, -0.1) is 6.58 Å². The molecule has 41 heavy (non-hydrogen) atoms. The molecule has 5 heteroatoms. The lowest BCUT2D eigenvalue weighted by molar-refractivity contribution is -0.137. The number of hydrogen-bond donors (Lipinski definition) is 1. The number of ether oxygens (including phenoxy) is 4. The van der Waals surface area contributed by atoms with Crippen molar-refractivity contribution in [2.45, 2.75) is 44.7 Å². The van der Waals surface area contributed by atoms with E-state index in [4.69, 9.17) is 18.9 Å². The van der Waals surface area contributed by atoms with Gasteiger partial charge in [0.15, 0.2) is 0 Å². The van der Waals surface area contributed by atoms with Crippen molar-refractivity contribution in [3.05, 3.63) is 156 Å². The Morgan fingerprint density at radius 1 is 0.561 bits per heavy atom. The first-order chi connectivity index (χ1) is 20.3. The molecule has 3 atom stereocenters. The topological polar surface area (TPSA) is 49.0 Å². The van der Waals surface area contributed by atoms with E-state index < -0.39 is 6.10 Å². The average Bonchev–Trinajstić information content (AvgIpc) is 3.04. The third kappa shape index (κ3) is 11.1. The largest absolute Gasteiger partial charge is 0.375 e. The molecule has 0 aliphatic heterocycles. The van der Waals surface area contributed by atoms with Crippen LogP contribution in [0, 0.1) is 0 Å². The Morgan fingerprint density at radius 3 is 1.49 bits per heavy atom. The predicted molar refractivity (Wildman–Crippen MR) is 164 cm³/mol. The molecule has 0 bridgehead atoms. The lowest BCUT2D eigenvalue weighted by Gasteiger charge is -2.32. The van der Waals surface area contributed by atoms with E-state index in [1.807, 2.05) is 78.9 Å². The molecule has 0 fully saturated rings. The highest BCUT2D eigenvalue weighted by molar-refractivity contribution is 5.16.